The fourth-order valence-electron chi connectivity index (χ4n) is 1.62. The fraction of sp³-hybridized carbons (Fsp3) is 0.0625. The van der Waals surface area contributed by atoms with Crippen LogP contribution in [0.1, 0.15) is 11.1 Å². The van der Waals surface area contributed by atoms with Gasteiger partial charge in [0.1, 0.15) is 5.82 Å². The second-order valence-corrected chi connectivity index (χ2v) is 4.72. The zero-order valence-corrected chi connectivity index (χ0v) is 11.6. The van der Waals surface area contributed by atoms with E-state index in [0.29, 0.717) is 5.02 Å². The standard InChI is InChI=1S/C16H13ClFNO/c1-11-6-7-12(10-13(11)17)8-9-16(20)19-15-5-3-2-4-14(15)18/h2-10H,1H3,(H,19,20)/b9-8+. The first-order valence-electron chi connectivity index (χ1n) is 6.06. The van der Waals surface area contributed by atoms with Gasteiger partial charge in [-0.25, -0.2) is 4.39 Å². The number of anilines is 1. The molecule has 2 rings (SSSR count). The van der Waals surface area contributed by atoms with Crippen LogP contribution in [0.4, 0.5) is 10.1 Å². The summed E-state index contributed by atoms with van der Waals surface area (Å²) in [6.07, 6.45) is 2.97. The Labute approximate surface area is 121 Å². The number of benzene rings is 2. The highest BCUT2D eigenvalue weighted by Crippen LogP contribution is 2.17. The van der Waals surface area contributed by atoms with Crippen LogP contribution in [-0.2, 0) is 4.79 Å². The summed E-state index contributed by atoms with van der Waals surface area (Å²) in [4.78, 5) is 11.7. The summed E-state index contributed by atoms with van der Waals surface area (Å²) in [5, 5.41) is 3.11. The Bertz CT molecular complexity index is 667. The van der Waals surface area contributed by atoms with Gasteiger partial charge in [-0.2, -0.15) is 0 Å². The molecule has 2 aromatic carbocycles. The number of carbonyl (C=O) groups is 1. The number of hydrogen-bond acceptors (Lipinski definition) is 1. The average Bonchev–Trinajstić information content (AvgIpc) is 2.43. The van der Waals surface area contributed by atoms with Crippen molar-refractivity contribution in [3.63, 3.8) is 0 Å². The van der Waals surface area contributed by atoms with Crippen LogP contribution in [-0.4, -0.2) is 5.91 Å². The first-order valence-corrected chi connectivity index (χ1v) is 6.44. The summed E-state index contributed by atoms with van der Waals surface area (Å²) in [5.74, 6) is -0.862. The molecule has 2 aromatic rings. The van der Waals surface area contributed by atoms with E-state index in [1.165, 1.54) is 18.2 Å². The Hall–Kier alpha value is -2.13. The molecule has 0 saturated carbocycles. The number of rotatable bonds is 3. The lowest BCUT2D eigenvalue weighted by Gasteiger charge is -2.03. The van der Waals surface area contributed by atoms with Gasteiger partial charge in [0.15, 0.2) is 0 Å². The van der Waals surface area contributed by atoms with Gasteiger partial charge < -0.3 is 5.32 Å². The first-order chi connectivity index (χ1) is 9.56. The molecule has 0 aliphatic carbocycles. The number of nitrogens with one attached hydrogen (secondary N) is 1. The number of para-hydroxylation sites is 1. The third-order valence-electron chi connectivity index (χ3n) is 2.75. The summed E-state index contributed by atoms with van der Waals surface area (Å²) in [5.41, 5.74) is 1.94. The summed E-state index contributed by atoms with van der Waals surface area (Å²) < 4.78 is 13.4. The zero-order chi connectivity index (χ0) is 14.5. The predicted octanol–water partition coefficient (Wildman–Crippen LogP) is 4.44. The normalized spacial score (nSPS) is 10.8. The molecule has 0 atom stereocenters. The van der Waals surface area contributed by atoms with Gasteiger partial charge in [-0.15, -0.1) is 0 Å². The average molecular weight is 290 g/mol. The molecule has 0 aliphatic rings. The van der Waals surface area contributed by atoms with Crippen molar-refractivity contribution < 1.29 is 9.18 Å². The molecule has 102 valence electrons. The van der Waals surface area contributed by atoms with E-state index in [4.69, 9.17) is 11.6 Å². The topological polar surface area (TPSA) is 29.1 Å². The number of halogens is 2. The van der Waals surface area contributed by atoms with Crippen LogP contribution in [0.2, 0.25) is 5.02 Å². The maximum absolute atomic E-state index is 13.4. The minimum Gasteiger partial charge on any atom is -0.320 e. The van der Waals surface area contributed by atoms with Crippen molar-refractivity contribution in [2.24, 2.45) is 0 Å². The molecule has 0 aromatic heterocycles. The lowest BCUT2D eigenvalue weighted by atomic mass is 10.1. The van der Waals surface area contributed by atoms with Crippen LogP contribution < -0.4 is 5.32 Å². The minimum atomic E-state index is -0.465. The molecule has 20 heavy (non-hydrogen) atoms. The Balaban J connectivity index is 2.06. The number of amides is 1. The van der Waals surface area contributed by atoms with E-state index in [1.54, 1.807) is 24.3 Å². The largest absolute Gasteiger partial charge is 0.320 e. The SMILES string of the molecule is Cc1ccc(/C=C/C(=O)Nc2ccccc2F)cc1Cl. The summed E-state index contributed by atoms with van der Waals surface area (Å²) in [6.45, 7) is 1.90. The molecule has 0 heterocycles. The number of aryl methyl sites for hydroxylation is 1. The first kappa shape index (κ1) is 14.3. The van der Waals surface area contributed by atoms with Gasteiger partial charge in [-0.05, 0) is 42.3 Å². The zero-order valence-electron chi connectivity index (χ0n) is 10.9. The molecular formula is C16H13ClFNO. The van der Waals surface area contributed by atoms with Crippen LogP contribution in [0.5, 0.6) is 0 Å². The molecule has 2 nitrogen and oxygen atoms in total. The second kappa shape index (κ2) is 6.35. The van der Waals surface area contributed by atoms with Crippen LogP contribution in [0, 0.1) is 12.7 Å². The van der Waals surface area contributed by atoms with Crippen molar-refractivity contribution in [3.8, 4) is 0 Å². The Morgan fingerprint density at radius 1 is 1.25 bits per heavy atom. The molecule has 0 bridgehead atoms. The summed E-state index contributed by atoms with van der Waals surface area (Å²) in [7, 11) is 0. The van der Waals surface area contributed by atoms with Crippen molar-refractivity contribution in [3.05, 3.63) is 70.5 Å². The van der Waals surface area contributed by atoms with Gasteiger partial charge in [0, 0.05) is 11.1 Å². The monoisotopic (exact) mass is 289 g/mol. The highest BCUT2D eigenvalue weighted by Gasteiger charge is 2.03. The number of carbonyl (C=O) groups excluding carboxylic acids is 1. The Kier molecular flexibility index (Phi) is 4.53. The Morgan fingerprint density at radius 3 is 2.70 bits per heavy atom. The van der Waals surface area contributed by atoms with E-state index in [0.717, 1.165) is 11.1 Å². The quantitative estimate of drug-likeness (QED) is 0.832. The highest BCUT2D eigenvalue weighted by atomic mass is 35.5. The van der Waals surface area contributed by atoms with Crippen molar-refractivity contribution >= 4 is 29.3 Å². The molecule has 1 amide bonds. The van der Waals surface area contributed by atoms with Crippen LogP contribution in [0.25, 0.3) is 6.08 Å². The second-order valence-electron chi connectivity index (χ2n) is 4.31. The van der Waals surface area contributed by atoms with E-state index < -0.39 is 11.7 Å². The van der Waals surface area contributed by atoms with Crippen molar-refractivity contribution in [2.75, 3.05) is 5.32 Å². The highest BCUT2D eigenvalue weighted by molar-refractivity contribution is 6.31. The van der Waals surface area contributed by atoms with E-state index in [-0.39, 0.29) is 5.69 Å². The molecule has 4 heteroatoms. The minimum absolute atomic E-state index is 0.157. The van der Waals surface area contributed by atoms with Crippen molar-refractivity contribution in [2.45, 2.75) is 6.92 Å². The van der Waals surface area contributed by atoms with Crippen molar-refractivity contribution in [1.29, 1.82) is 0 Å². The Morgan fingerprint density at radius 2 is 2.00 bits per heavy atom. The maximum Gasteiger partial charge on any atom is 0.248 e. The molecule has 0 unspecified atom stereocenters. The lowest BCUT2D eigenvalue weighted by Crippen LogP contribution is -2.08. The van der Waals surface area contributed by atoms with E-state index in [1.807, 2.05) is 19.1 Å². The van der Waals surface area contributed by atoms with Gasteiger partial charge in [0.05, 0.1) is 5.69 Å². The van der Waals surface area contributed by atoms with E-state index in [2.05, 4.69) is 5.32 Å². The third kappa shape index (κ3) is 3.68. The number of hydrogen-bond donors (Lipinski definition) is 1. The summed E-state index contributed by atoms with van der Waals surface area (Å²) in [6, 6.07) is 11.5. The molecular weight excluding hydrogens is 277 g/mol. The van der Waals surface area contributed by atoms with E-state index in [9.17, 15) is 9.18 Å². The van der Waals surface area contributed by atoms with Gasteiger partial charge in [-0.3, -0.25) is 4.79 Å². The van der Waals surface area contributed by atoms with Gasteiger partial charge >= 0.3 is 0 Å². The van der Waals surface area contributed by atoms with Crippen LogP contribution in [0.15, 0.2) is 48.5 Å². The maximum atomic E-state index is 13.4. The summed E-state index contributed by atoms with van der Waals surface area (Å²) >= 11 is 6.00. The van der Waals surface area contributed by atoms with Crippen LogP contribution >= 0.6 is 11.6 Å². The molecule has 0 saturated heterocycles. The molecule has 0 fully saturated rings. The molecule has 0 spiro atoms. The molecule has 1 N–H and O–H groups in total. The third-order valence-corrected chi connectivity index (χ3v) is 3.16. The lowest BCUT2D eigenvalue weighted by molar-refractivity contribution is -0.111. The van der Waals surface area contributed by atoms with Crippen molar-refractivity contribution in [1.82, 2.24) is 0 Å². The van der Waals surface area contributed by atoms with Gasteiger partial charge in [-0.1, -0.05) is 35.9 Å². The van der Waals surface area contributed by atoms with E-state index >= 15 is 0 Å². The molecule has 0 radical (unpaired) electrons. The van der Waals surface area contributed by atoms with Gasteiger partial charge in [0.25, 0.3) is 0 Å². The predicted molar refractivity (Wildman–Crippen MR) is 80.3 cm³/mol. The molecule has 0 aliphatic heterocycles. The van der Waals surface area contributed by atoms with Crippen LogP contribution in [0.3, 0.4) is 0 Å². The smallest absolute Gasteiger partial charge is 0.248 e. The van der Waals surface area contributed by atoms with Gasteiger partial charge in [0.2, 0.25) is 5.91 Å². The fourth-order valence-corrected chi connectivity index (χ4v) is 1.81.